The molecular weight excluding hydrogens is 258 g/mol. The molecule has 0 saturated carbocycles. The van der Waals surface area contributed by atoms with E-state index in [0.29, 0.717) is 6.04 Å². The van der Waals surface area contributed by atoms with Gasteiger partial charge in [-0.25, -0.2) is 0 Å². The van der Waals surface area contributed by atoms with Crippen LogP contribution in [0.4, 0.5) is 0 Å². The molecule has 1 aromatic carbocycles. The smallest absolute Gasteiger partial charge is 0.0534 e. The molecule has 1 unspecified atom stereocenters. The first-order valence-corrected chi connectivity index (χ1v) is 8.07. The second-order valence-corrected chi connectivity index (χ2v) is 5.69. The second-order valence-electron chi connectivity index (χ2n) is 5.69. The minimum Gasteiger partial charge on any atom is -0.308 e. The highest BCUT2D eigenvalue weighted by Gasteiger charge is 2.09. The number of nitrogens with one attached hydrogen (secondary N) is 1. The van der Waals surface area contributed by atoms with E-state index in [9.17, 15) is 0 Å². The Hall–Kier alpha value is -1.61. The molecular formula is C18H27N3. The van der Waals surface area contributed by atoms with Gasteiger partial charge in [-0.1, -0.05) is 56.5 Å². The first-order chi connectivity index (χ1) is 10.3. The summed E-state index contributed by atoms with van der Waals surface area (Å²) in [4.78, 5) is 0. The van der Waals surface area contributed by atoms with Crippen LogP contribution in [0.2, 0.25) is 0 Å². The molecule has 0 aliphatic rings. The lowest BCUT2D eigenvalue weighted by Crippen LogP contribution is -2.25. The topological polar surface area (TPSA) is 29.9 Å². The van der Waals surface area contributed by atoms with Crippen molar-refractivity contribution in [2.75, 3.05) is 6.54 Å². The normalized spacial score (nSPS) is 12.5. The highest BCUT2D eigenvalue weighted by atomic mass is 15.3. The van der Waals surface area contributed by atoms with Crippen LogP contribution in [0.1, 0.15) is 49.8 Å². The largest absolute Gasteiger partial charge is 0.308 e. The number of rotatable bonds is 9. The number of nitrogens with zero attached hydrogens (tertiary/aromatic N) is 2. The molecule has 3 nitrogen and oxygen atoms in total. The van der Waals surface area contributed by atoms with Gasteiger partial charge in [0.1, 0.15) is 0 Å². The van der Waals surface area contributed by atoms with Crippen molar-refractivity contribution in [3.05, 3.63) is 53.9 Å². The zero-order chi connectivity index (χ0) is 14.9. The van der Waals surface area contributed by atoms with Crippen molar-refractivity contribution in [2.24, 2.45) is 0 Å². The van der Waals surface area contributed by atoms with Gasteiger partial charge in [0.15, 0.2) is 0 Å². The van der Waals surface area contributed by atoms with E-state index in [1.807, 2.05) is 10.9 Å². The van der Waals surface area contributed by atoms with Gasteiger partial charge >= 0.3 is 0 Å². The number of hydrogen-bond acceptors (Lipinski definition) is 2. The zero-order valence-electron chi connectivity index (χ0n) is 13.3. The monoisotopic (exact) mass is 285 g/mol. The predicted molar refractivity (Wildman–Crippen MR) is 88.3 cm³/mol. The fraction of sp³-hybridized carbons (Fsp3) is 0.500. The minimum atomic E-state index is 0.453. The molecule has 3 heteroatoms. The Morgan fingerprint density at radius 2 is 2.00 bits per heavy atom. The summed E-state index contributed by atoms with van der Waals surface area (Å²) in [7, 11) is 0. The first kappa shape index (κ1) is 15.8. The molecule has 1 aromatic heterocycles. The van der Waals surface area contributed by atoms with Crippen molar-refractivity contribution in [1.29, 1.82) is 0 Å². The Balaban J connectivity index is 1.86. The lowest BCUT2D eigenvalue weighted by atomic mass is 10.0. The Labute approximate surface area is 128 Å². The number of aromatic nitrogens is 2. The van der Waals surface area contributed by atoms with E-state index in [-0.39, 0.29) is 0 Å². The third kappa shape index (κ3) is 5.35. The summed E-state index contributed by atoms with van der Waals surface area (Å²) in [6.07, 6.45) is 9.07. The molecule has 0 saturated heterocycles. The van der Waals surface area contributed by atoms with E-state index in [4.69, 9.17) is 0 Å². The predicted octanol–water partition coefficient (Wildman–Crippen LogP) is 4.10. The van der Waals surface area contributed by atoms with Crippen molar-refractivity contribution < 1.29 is 0 Å². The van der Waals surface area contributed by atoms with Gasteiger partial charge in [-0.3, -0.25) is 4.68 Å². The molecule has 1 heterocycles. The maximum atomic E-state index is 4.34. The van der Waals surface area contributed by atoms with Crippen LogP contribution in [0.25, 0.3) is 0 Å². The summed E-state index contributed by atoms with van der Waals surface area (Å²) in [5.74, 6) is 0. The maximum absolute atomic E-state index is 4.34. The molecule has 0 fully saturated rings. The number of aryl methyl sites for hydroxylation is 1. The van der Waals surface area contributed by atoms with E-state index in [2.05, 4.69) is 60.8 Å². The van der Waals surface area contributed by atoms with Crippen molar-refractivity contribution in [3.63, 3.8) is 0 Å². The van der Waals surface area contributed by atoms with Gasteiger partial charge in [-0.15, -0.1) is 0 Å². The van der Waals surface area contributed by atoms with Crippen molar-refractivity contribution >= 4 is 0 Å². The van der Waals surface area contributed by atoms with Crippen LogP contribution in [0.15, 0.2) is 42.7 Å². The highest BCUT2D eigenvalue weighted by Crippen LogP contribution is 2.19. The van der Waals surface area contributed by atoms with Crippen LogP contribution >= 0.6 is 0 Å². The van der Waals surface area contributed by atoms with Gasteiger partial charge < -0.3 is 5.32 Å². The van der Waals surface area contributed by atoms with Crippen LogP contribution < -0.4 is 5.32 Å². The number of hydrogen-bond donors (Lipinski definition) is 1. The Morgan fingerprint density at radius 3 is 2.67 bits per heavy atom. The molecule has 0 bridgehead atoms. The average molecular weight is 285 g/mol. The first-order valence-electron chi connectivity index (χ1n) is 8.07. The van der Waals surface area contributed by atoms with Crippen molar-refractivity contribution in [3.8, 4) is 0 Å². The van der Waals surface area contributed by atoms with Gasteiger partial charge in [0.2, 0.25) is 0 Å². The quantitative estimate of drug-likeness (QED) is 0.703. The molecule has 114 valence electrons. The van der Waals surface area contributed by atoms with Crippen LogP contribution in [0.3, 0.4) is 0 Å². The molecule has 2 aromatic rings. The summed E-state index contributed by atoms with van der Waals surface area (Å²) in [6.45, 7) is 6.21. The average Bonchev–Trinajstić information content (AvgIpc) is 2.92. The lowest BCUT2D eigenvalue weighted by molar-refractivity contribution is 0.448. The third-order valence-corrected chi connectivity index (χ3v) is 3.79. The van der Waals surface area contributed by atoms with Gasteiger partial charge in [0.25, 0.3) is 0 Å². The molecule has 0 spiro atoms. The number of unbranched alkanes of at least 4 members (excludes halogenated alkanes) is 2. The summed E-state index contributed by atoms with van der Waals surface area (Å²) in [6, 6.07) is 11.2. The summed E-state index contributed by atoms with van der Waals surface area (Å²) in [5.41, 5.74) is 2.61. The van der Waals surface area contributed by atoms with E-state index in [0.717, 1.165) is 13.1 Å². The minimum absolute atomic E-state index is 0.453. The van der Waals surface area contributed by atoms with Crippen LogP contribution in [-0.4, -0.2) is 16.3 Å². The molecule has 1 atom stereocenters. The molecule has 2 rings (SSSR count). The SMILES string of the molecule is CCCCCC(NCCn1cc(C)cn1)c1ccccc1. The van der Waals surface area contributed by atoms with E-state index in [1.165, 1.54) is 36.8 Å². The van der Waals surface area contributed by atoms with Crippen LogP contribution in [0.5, 0.6) is 0 Å². The van der Waals surface area contributed by atoms with Gasteiger partial charge in [0, 0.05) is 18.8 Å². The standard InChI is InChI=1S/C18H27N3/c1-3-4-6-11-18(17-9-7-5-8-10-17)19-12-13-21-15-16(2)14-20-21/h5,7-10,14-15,18-19H,3-4,6,11-13H2,1-2H3. The molecule has 0 aliphatic carbocycles. The number of benzene rings is 1. The van der Waals surface area contributed by atoms with E-state index in [1.54, 1.807) is 0 Å². The fourth-order valence-corrected chi connectivity index (χ4v) is 2.61. The Morgan fingerprint density at radius 1 is 1.19 bits per heavy atom. The lowest BCUT2D eigenvalue weighted by Gasteiger charge is -2.19. The fourth-order valence-electron chi connectivity index (χ4n) is 2.61. The molecule has 0 amide bonds. The van der Waals surface area contributed by atoms with E-state index >= 15 is 0 Å². The highest BCUT2D eigenvalue weighted by molar-refractivity contribution is 5.18. The molecule has 0 radical (unpaired) electrons. The van der Waals surface area contributed by atoms with Gasteiger partial charge in [-0.2, -0.15) is 5.10 Å². The van der Waals surface area contributed by atoms with Gasteiger partial charge in [0.05, 0.1) is 12.7 Å². The van der Waals surface area contributed by atoms with Crippen molar-refractivity contribution in [2.45, 2.75) is 52.1 Å². The Kier molecular flexibility index (Phi) is 6.48. The zero-order valence-corrected chi connectivity index (χ0v) is 13.3. The molecule has 1 N–H and O–H groups in total. The van der Waals surface area contributed by atoms with E-state index < -0.39 is 0 Å². The van der Waals surface area contributed by atoms with Crippen LogP contribution in [0, 0.1) is 6.92 Å². The Bertz CT molecular complexity index is 504. The molecule has 21 heavy (non-hydrogen) atoms. The van der Waals surface area contributed by atoms with Crippen molar-refractivity contribution in [1.82, 2.24) is 15.1 Å². The second kappa shape index (κ2) is 8.63. The molecule has 0 aliphatic heterocycles. The van der Waals surface area contributed by atoms with Gasteiger partial charge in [-0.05, 0) is 24.5 Å². The summed E-state index contributed by atoms with van der Waals surface area (Å²) < 4.78 is 2.01. The van der Waals surface area contributed by atoms with Crippen LogP contribution in [-0.2, 0) is 6.54 Å². The summed E-state index contributed by atoms with van der Waals surface area (Å²) >= 11 is 0. The third-order valence-electron chi connectivity index (χ3n) is 3.79. The maximum Gasteiger partial charge on any atom is 0.0534 e. The summed E-state index contributed by atoms with van der Waals surface area (Å²) in [5, 5.41) is 8.03.